The predicted octanol–water partition coefficient (Wildman–Crippen LogP) is 3.69. The van der Waals surface area contributed by atoms with Gasteiger partial charge in [-0.15, -0.1) is 11.3 Å². The number of benzene rings is 1. The minimum atomic E-state index is -0.153. The highest BCUT2D eigenvalue weighted by molar-refractivity contribution is 7.12. The third-order valence-corrected chi connectivity index (χ3v) is 4.15. The Kier molecular flexibility index (Phi) is 3.43. The SMILES string of the molecule is CC(C)C(=O)c1csc(C(=O)c2c[nH]c3ccccc23)n1. The summed E-state index contributed by atoms with van der Waals surface area (Å²) in [4.78, 5) is 31.7. The van der Waals surface area contributed by atoms with E-state index in [0.29, 0.717) is 16.3 Å². The highest BCUT2D eigenvalue weighted by Crippen LogP contribution is 2.23. The molecule has 0 bridgehead atoms. The van der Waals surface area contributed by atoms with Crippen LogP contribution in [0, 0.1) is 5.92 Å². The van der Waals surface area contributed by atoms with Crippen LogP contribution in [0.5, 0.6) is 0 Å². The molecular formula is C16H14N2O2S. The number of fused-ring (bicyclic) bond motifs is 1. The van der Waals surface area contributed by atoms with Gasteiger partial charge in [0.1, 0.15) is 5.69 Å². The number of aromatic nitrogens is 2. The first-order valence-electron chi connectivity index (χ1n) is 6.68. The van der Waals surface area contributed by atoms with Crippen LogP contribution in [0.2, 0.25) is 0 Å². The second kappa shape index (κ2) is 5.26. The molecule has 0 aliphatic heterocycles. The third-order valence-electron chi connectivity index (χ3n) is 3.31. The summed E-state index contributed by atoms with van der Waals surface area (Å²) in [6, 6.07) is 7.62. The molecule has 2 heterocycles. The largest absolute Gasteiger partial charge is 0.360 e. The Bertz CT molecular complexity index is 830. The molecule has 3 aromatic rings. The van der Waals surface area contributed by atoms with E-state index in [1.165, 1.54) is 11.3 Å². The normalized spacial score (nSPS) is 11.2. The molecule has 0 fully saturated rings. The topological polar surface area (TPSA) is 62.8 Å². The molecule has 5 heteroatoms. The molecule has 0 saturated carbocycles. The van der Waals surface area contributed by atoms with Gasteiger partial charge in [-0.3, -0.25) is 9.59 Å². The van der Waals surface area contributed by atoms with E-state index in [2.05, 4.69) is 9.97 Å². The average Bonchev–Trinajstić information content (AvgIpc) is 3.12. The molecule has 0 saturated heterocycles. The number of para-hydroxylation sites is 1. The summed E-state index contributed by atoms with van der Waals surface area (Å²) in [6.45, 7) is 3.64. The Balaban J connectivity index is 1.97. The number of nitrogens with one attached hydrogen (secondary N) is 1. The van der Waals surface area contributed by atoms with E-state index in [9.17, 15) is 9.59 Å². The molecule has 3 rings (SSSR count). The number of hydrogen-bond donors (Lipinski definition) is 1. The van der Waals surface area contributed by atoms with Crippen LogP contribution in [-0.2, 0) is 0 Å². The van der Waals surface area contributed by atoms with E-state index in [1.807, 2.05) is 38.1 Å². The van der Waals surface area contributed by atoms with E-state index in [4.69, 9.17) is 0 Å². The fourth-order valence-electron chi connectivity index (χ4n) is 2.16. The Hall–Kier alpha value is -2.27. The number of carbonyl (C=O) groups excluding carboxylic acids is 2. The summed E-state index contributed by atoms with van der Waals surface area (Å²) in [5.41, 5.74) is 1.87. The fraction of sp³-hybridized carbons (Fsp3) is 0.188. The lowest BCUT2D eigenvalue weighted by atomic mass is 10.1. The van der Waals surface area contributed by atoms with Crippen molar-refractivity contribution in [2.45, 2.75) is 13.8 Å². The maximum absolute atomic E-state index is 12.5. The third kappa shape index (κ3) is 2.40. The van der Waals surface area contributed by atoms with Gasteiger partial charge in [-0.25, -0.2) is 4.98 Å². The molecule has 0 radical (unpaired) electrons. The van der Waals surface area contributed by atoms with Crippen molar-refractivity contribution in [1.29, 1.82) is 0 Å². The van der Waals surface area contributed by atoms with Crippen LogP contribution in [0.1, 0.15) is 39.7 Å². The molecule has 0 aliphatic rings. The maximum atomic E-state index is 12.5. The zero-order valence-electron chi connectivity index (χ0n) is 11.7. The minimum absolute atomic E-state index is 0.0378. The van der Waals surface area contributed by atoms with Gasteiger partial charge in [-0.2, -0.15) is 0 Å². The molecule has 0 amide bonds. The molecule has 106 valence electrons. The lowest BCUT2D eigenvalue weighted by Crippen LogP contribution is -2.09. The van der Waals surface area contributed by atoms with Crippen molar-refractivity contribution in [3.63, 3.8) is 0 Å². The van der Waals surface area contributed by atoms with Crippen molar-refractivity contribution in [2.24, 2.45) is 5.92 Å². The van der Waals surface area contributed by atoms with E-state index in [-0.39, 0.29) is 17.5 Å². The summed E-state index contributed by atoms with van der Waals surface area (Å²) in [5.74, 6) is -0.312. The molecule has 1 aromatic carbocycles. The number of Topliss-reactive ketones (excluding diaryl/α,β-unsaturated/α-hetero) is 1. The molecule has 0 atom stereocenters. The number of rotatable bonds is 4. The van der Waals surface area contributed by atoms with E-state index in [0.717, 1.165) is 10.9 Å². The van der Waals surface area contributed by atoms with Gasteiger partial charge >= 0.3 is 0 Å². The summed E-state index contributed by atoms with van der Waals surface area (Å²) >= 11 is 1.21. The van der Waals surface area contributed by atoms with Gasteiger partial charge in [-0.1, -0.05) is 32.0 Å². The quantitative estimate of drug-likeness (QED) is 0.747. The molecular weight excluding hydrogens is 284 g/mol. The average molecular weight is 298 g/mol. The van der Waals surface area contributed by atoms with E-state index >= 15 is 0 Å². The van der Waals surface area contributed by atoms with Crippen LogP contribution in [-0.4, -0.2) is 21.5 Å². The standard InChI is InChI=1S/C16H14N2O2S/c1-9(2)14(19)13-8-21-16(18-13)15(20)11-7-17-12-6-4-3-5-10(11)12/h3-9,17H,1-2H3. The number of hydrogen-bond acceptors (Lipinski definition) is 4. The Morgan fingerprint density at radius 2 is 2.00 bits per heavy atom. The molecule has 0 spiro atoms. The van der Waals surface area contributed by atoms with Crippen molar-refractivity contribution in [1.82, 2.24) is 9.97 Å². The highest BCUT2D eigenvalue weighted by Gasteiger charge is 2.20. The van der Waals surface area contributed by atoms with Gasteiger partial charge in [-0.05, 0) is 6.07 Å². The Labute approximate surface area is 125 Å². The minimum Gasteiger partial charge on any atom is -0.360 e. The summed E-state index contributed by atoms with van der Waals surface area (Å²) in [7, 11) is 0. The van der Waals surface area contributed by atoms with Gasteiger partial charge in [0.15, 0.2) is 10.8 Å². The van der Waals surface area contributed by atoms with Crippen LogP contribution in [0.4, 0.5) is 0 Å². The summed E-state index contributed by atoms with van der Waals surface area (Å²) in [5, 5.41) is 2.88. The lowest BCUT2D eigenvalue weighted by Gasteiger charge is -1.98. The number of aromatic amines is 1. The smallest absolute Gasteiger partial charge is 0.223 e. The molecule has 1 N–H and O–H groups in total. The van der Waals surface area contributed by atoms with Crippen molar-refractivity contribution in [2.75, 3.05) is 0 Å². The number of H-pyrrole nitrogens is 1. The van der Waals surface area contributed by atoms with Gasteiger partial charge < -0.3 is 4.98 Å². The van der Waals surface area contributed by atoms with Crippen molar-refractivity contribution in [3.8, 4) is 0 Å². The molecule has 0 unspecified atom stereocenters. The zero-order chi connectivity index (χ0) is 15.0. The van der Waals surface area contributed by atoms with Gasteiger partial charge in [0, 0.05) is 28.4 Å². The first-order chi connectivity index (χ1) is 10.1. The molecule has 2 aromatic heterocycles. The number of thiazole rings is 1. The highest BCUT2D eigenvalue weighted by atomic mass is 32.1. The van der Waals surface area contributed by atoms with Crippen LogP contribution >= 0.6 is 11.3 Å². The molecule has 0 aliphatic carbocycles. The Morgan fingerprint density at radius 1 is 1.24 bits per heavy atom. The van der Waals surface area contributed by atoms with Gasteiger partial charge in [0.2, 0.25) is 5.78 Å². The molecule has 4 nitrogen and oxygen atoms in total. The van der Waals surface area contributed by atoms with Crippen LogP contribution in [0.15, 0.2) is 35.8 Å². The van der Waals surface area contributed by atoms with Crippen molar-refractivity contribution < 1.29 is 9.59 Å². The maximum Gasteiger partial charge on any atom is 0.223 e. The van der Waals surface area contributed by atoms with E-state index < -0.39 is 0 Å². The second-order valence-electron chi connectivity index (χ2n) is 5.13. The first kappa shape index (κ1) is 13.7. The summed E-state index contributed by atoms with van der Waals surface area (Å²) in [6.07, 6.45) is 1.69. The number of nitrogens with zero attached hydrogens (tertiary/aromatic N) is 1. The van der Waals surface area contributed by atoms with Crippen LogP contribution in [0.3, 0.4) is 0 Å². The second-order valence-corrected chi connectivity index (χ2v) is 5.99. The monoisotopic (exact) mass is 298 g/mol. The van der Waals surface area contributed by atoms with Crippen LogP contribution < -0.4 is 0 Å². The summed E-state index contributed by atoms with van der Waals surface area (Å²) < 4.78 is 0. The van der Waals surface area contributed by atoms with Crippen LogP contribution in [0.25, 0.3) is 10.9 Å². The molecule has 21 heavy (non-hydrogen) atoms. The fourth-order valence-corrected chi connectivity index (χ4v) is 2.92. The van der Waals surface area contributed by atoms with E-state index in [1.54, 1.807) is 11.6 Å². The van der Waals surface area contributed by atoms with Crippen molar-refractivity contribution in [3.05, 3.63) is 52.1 Å². The first-order valence-corrected chi connectivity index (χ1v) is 7.56. The Morgan fingerprint density at radius 3 is 2.76 bits per heavy atom. The lowest BCUT2D eigenvalue weighted by molar-refractivity contribution is 0.0935. The van der Waals surface area contributed by atoms with Gasteiger partial charge in [0.05, 0.1) is 5.56 Å². The zero-order valence-corrected chi connectivity index (χ0v) is 12.5. The van der Waals surface area contributed by atoms with Crippen molar-refractivity contribution >= 4 is 33.8 Å². The number of carbonyl (C=O) groups is 2. The predicted molar refractivity (Wildman–Crippen MR) is 83.0 cm³/mol. The van der Waals surface area contributed by atoms with Gasteiger partial charge in [0.25, 0.3) is 0 Å². The number of ketones is 2.